The maximum absolute atomic E-state index is 12.4. The Morgan fingerprint density at radius 1 is 1.13 bits per heavy atom. The number of hydrogen-bond acceptors (Lipinski definition) is 2. The highest BCUT2D eigenvalue weighted by atomic mass is 16.1. The maximum atomic E-state index is 12.4. The number of carbonyl (C=O) groups excluding carboxylic acids is 1. The van der Waals surface area contributed by atoms with Crippen molar-refractivity contribution < 1.29 is 4.79 Å². The fourth-order valence-electron chi connectivity index (χ4n) is 3.13. The van der Waals surface area contributed by atoms with Gasteiger partial charge in [-0.1, -0.05) is 48.0 Å². The molecule has 1 heterocycles. The van der Waals surface area contributed by atoms with E-state index in [1.165, 1.54) is 11.1 Å². The summed E-state index contributed by atoms with van der Waals surface area (Å²) in [6, 6.07) is 18.5. The molecule has 0 spiro atoms. The van der Waals surface area contributed by atoms with Crippen molar-refractivity contribution in [1.82, 2.24) is 10.2 Å². The molecule has 3 heteroatoms. The van der Waals surface area contributed by atoms with E-state index in [0.717, 1.165) is 38.0 Å². The molecule has 0 aliphatic carbocycles. The topological polar surface area (TPSA) is 32.3 Å². The standard InChI is InChI=1S/C20H24N2O/c1-16-9-11-18(12-10-16)20(23)21-19-8-5-13-22(15-19)14-17-6-3-2-4-7-17/h2-4,6-7,9-12,19H,5,8,13-15H2,1H3,(H,21,23). The van der Waals surface area contributed by atoms with E-state index in [0.29, 0.717) is 0 Å². The summed E-state index contributed by atoms with van der Waals surface area (Å²) in [6.07, 6.45) is 2.19. The van der Waals surface area contributed by atoms with Gasteiger partial charge in [0.1, 0.15) is 0 Å². The average molecular weight is 308 g/mol. The quantitative estimate of drug-likeness (QED) is 0.939. The Hall–Kier alpha value is -2.13. The third kappa shape index (κ3) is 4.42. The Bertz CT molecular complexity index is 636. The summed E-state index contributed by atoms with van der Waals surface area (Å²) >= 11 is 0. The van der Waals surface area contributed by atoms with E-state index in [2.05, 4.69) is 34.5 Å². The molecule has 1 saturated heterocycles. The predicted octanol–water partition coefficient (Wildman–Crippen LogP) is 3.39. The Balaban J connectivity index is 1.56. The molecule has 1 atom stereocenters. The van der Waals surface area contributed by atoms with Crippen molar-refractivity contribution in [3.05, 3.63) is 71.3 Å². The Morgan fingerprint density at radius 3 is 2.61 bits per heavy atom. The molecule has 2 aromatic rings. The van der Waals surface area contributed by atoms with Gasteiger partial charge in [0.05, 0.1) is 0 Å². The molecule has 3 nitrogen and oxygen atoms in total. The van der Waals surface area contributed by atoms with Gasteiger partial charge in [-0.05, 0) is 44.0 Å². The summed E-state index contributed by atoms with van der Waals surface area (Å²) in [7, 11) is 0. The summed E-state index contributed by atoms with van der Waals surface area (Å²) in [5.74, 6) is 0.0385. The molecule has 0 aromatic heterocycles. The minimum absolute atomic E-state index is 0.0385. The van der Waals surface area contributed by atoms with Gasteiger partial charge < -0.3 is 5.32 Å². The Morgan fingerprint density at radius 2 is 1.87 bits per heavy atom. The van der Waals surface area contributed by atoms with Crippen molar-refractivity contribution >= 4 is 5.91 Å². The number of nitrogens with one attached hydrogen (secondary N) is 1. The normalized spacial score (nSPS) is 18.6. The van der Waals surface area contributed by atoms with Gasteiger partial charge in [0.2, 0.25) is 0 Å². The molecular weight excluding hydrogens is 284 g/mol. The minimum Gasteiger partial charge on any atom is -0.348 e. The molecule has 120 valence electrons. The van der Waals surface area contributed by atoms with Gasteiger partial charge >= 0.3 is 0 Å². The van der Waals surface area contributed by atoms with E-state index in [1.807, 2.05) is 37.3 Å². The third-order valence-corrected chi connectivity index (χ3v) is 4.40. The van der Waals surface area contributed by atoms with E-state index >= 15 is 0 Å². The first-order valence-electron chi connectivity index (χ1n) is 8.34. The highest BCUT2D eigenvalue weighted by Crippen LogP contribution is 2.14. The van der Waals surface area contributed by atoms with Crippen LogP contribution in [0.3, 0.4) is 0 Å². The van der Waals surface area contributed by atoms with Crippen LogP contribution in [-0.4, -0.2) is 29.9 Å². The number of amides is 1. The number of piperidine rings is 1. The van der Waals surface area contributed by atoms with E-state index < -0.39 is 0 Å². The van der Waals surface area contributed by atoms with Gasteiger partial charge in [-0.2, -0.15) is 0 Å². The number of likely N-dealkylation sites (tertiary alicyclic amines) is 1. The highest BCUT2D eigenvalue weighted by molar-refractivity contribution is 5.94. The summed E-state index contributed by atoms with van der Waals surface area (Å²) in [6.45, 7) is 5.01. The number of rotatable bonds is 4. The van der Waals surface area contributed by atoms with Crippen LogP contribution in [-0.2, 0) is 6.54 Å². The molecular formula is C20H24N2O. The molecule has 0 radical (unpaired) electrons. The van der Waals surface area contributed by atoms with E-state index in [1.54, 1.807) is 0 Å². The molecule has 3 rings (SSSR count). The molecule has 2 aromatic carbocycles. The average Bonchev–Trinajstić information content (AvgIpc) is 2.57. The first kappa shape index (κ1) is 15.8. The van der Waals surface area contributed by atoms with Gasteiger partial charge in [-0.15, -0.1) is 0 Å². The van der Waals surface area contributed by atoms with E-state index in [-0.39, 0.29) is 11.9 Å². The smallest absolute Gasteiger partial charge is 0.251 e. The second kappa shape index (κ2) is 7.42. The van der Waals surface area contributed by atoms with Crippen LogP contribution in [0, 0.1) is 6.92 Å². The van der Waals surface area contributed by atoms with Gasteiger partial charge in [-0.25, -0.2) is 0 Å². The van der Waals surface area contributed by atoms with Crippen LogP contribution in [0.15, 0.2) is 54.6 Å². The van der Waals surface area contributed by atoms with Crippen LogP contribution in [0.1, 0.15) is 34.3 Å². The Kier molecular flexibility index (Phi) is 5.09. The van der Waals surface area contributed by atoms with Gasteiger partial charge in [0, 0.05) is 24.7 Å². The first-order valence-corrected chi connectivity index (χ1v) is 8.34. The first-order chi connectivity index (χ1) is 11.2. The van der Waals surface area contributed by atoms with Gasteiger partial charge in [-0.3, -0.25) is 9.69 Å². The number of aryl methyl sites for hydroxylation is 1. The summed E-state index contributed by atoms with van der Waals surface area (Å²) in [4.78, 5) is 14.8. The van der Waals surface area contributed by atoms with Crippen LogP contribution < -0.4 is 5.32 Å². The lowest BCUT2D eigenvalue weighted by Crippen LogP contribution is -2.47. The molecule has 1 amide bonds. The van der Waals surface area contributed by atoms with E-state index in [9.17, 15) is 4.79 Å². The number of nitrogens with zero attached hydrogens (tertiary/aromatic N) is 1. The monoisotopic (exact) mass is 308 g/mol. The van der Waals surface area contributed by atoms with Crippen LogP contribution in [0.2, 0.25) is 0 Å². The van der Waals surface area contributed by atoms with Crippen molar-refractivity contribution in [3.8, 4) is 0 Å². The van der Waals surface area contributed by atoms with Crippen LogP contribution in [0.4, 0.5) is 0 Å². The predicted molar refractivity (Wildman–Crippen MR) is 93.4 cm³/mol. The SMILES string of the molecule is Cc1ccc(C(=O)NC2CCCN(Cc3ccccc3)C2)cc1. The Labute approximate surface area is 138 Å². The number of benzene rings is 2. The minimum atomic E-state index is 0.0385. The molecule has 0 bridgehead atoms. The zero-order valence-electron chi connectivity index (χ0n) is 13.7. The van der Waals surface area contributed by atoms with E-state index in [4.69, 9.17) is 0 Å². The van der Waals surface area contributed by atoms with Gasteiger partial charge in [0.15, 0.2) is 0 Å². The van der Waals surface area contributed by atoms with Crippen LogP contribution in [0.5, 0.6) is 0 Å². The lowest BCUT2D eigenvalue weighted by atomic mass is 10.0. The van der Waals surface area contributed by atoms with Crippen molar-refractivity contribution in [1.29, 1.82) is 0 Å². The van der Waals surface area contributed by atoms with Crippen molar-refractivity contribution in [2.75, 3.05) is 13.1 Å². The van der Waals surface area contributed by atoms with Crippen molar-refractivity contribution in [3.63, 3.8) is 0 Å². The summed E-state index contributed by atoms with van der Waals surface area (Å²) < 4.78 is 0. The molecule has 0 saturated carbocycles. The second-order valence-corrected chi connectivity index (χ2v) is 6.40. The van der Waals surface area contributed by atoms with Crippen LogP contribution in [0.25, 0.3) is 0 Å². The zero-order chi connectivity index (χ0) is 16.1. The van der Waals surface area contributed by atoms with Crippen molar-refractivity contribution in [2.24, 2.45) is 0 Å². The summed E-state index contributed by atoms with van der Waals surface area (Å²) in [5.41, 5.74) is 3.25. The lowest BCUT2D eigenvalue weighted by molar-refractivity contribution is 0.0901. The molecule has 1 aliphatic heterocycles. The molecule has 1 aliphatic rings. The zero-order valence-corrected chi connectivity index (χ0v) is 13.7. The molecule has 1 unspecified atom stereocenters. The largest absolute Gasteiger partial charge is 0.348 e. The highest BCUT2D eigenvalue weighted by Gasteiger charge is 2.21. The molecule has 1 fully saturated rings. The van der Waals surface area contributed by atoms with Gasteiger partial charge in [0.25, 0.3) is 5.91 Å². The maximum Gasteiger partial charge on any atom is 0.251 e. The van der Waals surface area contributed by atoms with Crippen molar-refractivity contribution in [2.45, 2.75) is 32.4 Å². The second-order valence-electron chi connectivity index (χ2n) is 6.40. The lowest BCUT2D eigenvalue weighted by Gasteiger charge is -2.33. The fourth-order valence-corrected chi connectivity index (χ4v) is 3.13. The molecule has 1 N–H and O–H groups in total. The third-order valence-electron chi connectivity index (χ3n) is 4.40. The number of hydrogen-bond donors (Lipinski definition) is 1. The van der Waals surface area contributed by atoms with Crippen LogP contribution >= 0.6 is 0 Å². The molecule has 23 heavy (non-hydrogen) atoms. The summed E-state index contributed by atoms with van der Waals surface area (Å²) in [5, 5.41) is 3.19. The fraction of sp³-hybridized carbons (Fsp3) is 0.350. The number of carbonyl (C=O) groups is 1.